The highest BCUT2D eigenvalue weighted by Crippen LogP contribution is 2.29. The lowest BCUT2D eigenvalue weighted by atomic mass is 10.2. The van der Waals surface area contributed by atoms with E-state index >= 15 is 0 Å². The summed E-state index contributed by atoms with van der Waals surface area (Å²) in [7, 11) is -3.93. The fraction of sp³-hybridized carbons (Fsp3) is 0.0769. The molecule has 0 amide bonds. The molecule has 2 rings (SSSR count). The molecule has 0 spiro atoms. The summed E-state index contributed by atoms with van der Waals surface area (Å²) < 4.78 is 40.7. The first-order valence-electron chi connectivity index (χ1n) is 5.74. The molecule has 2 aromatic rings. The number of sulfonamides is 1. The van der Waals surface area contributed by atoms with Gasteiger partial charge in [0.15, 0.2) is 0 Å². The van der Waals surface area contributed by atoms with Crippen molar-refractivity contribution in [1.82, 2.24) is 0 Å². The zero-order chi connectivity index (χ0) is 15.8. The van der Waals surface area contributed by atoms with Crippen LogP contribution in [0.15, 0.2) is 39.7 Å². The topological polar surface area (TPSA) is 72.2 Å². The molecule has 0 heterocycles. The molecule has 2 aromatic carbocycles. The number of aryl methyl sites for hydroxylation is 1. The van der Waals surface area contributed by atoms with E-state index in [1.54, 1.807) is 6.92 Å². The molecule has 0 aliphatic carbocycles. The summed E-state index contributed by atoms with van der Waals surface area (Å²) in [6, 6.07) is 6.64. The van der Waals surface area contributed by atoms with Crippen LogP contribution in [-0.4, -0.2) is 8.42 Å². The Labute approximate surface area is 135 Å². The summed E-state index contributed by atoms with van der Waals surface area (Å²) in [6.07, 6.45) is 0. The van der Waals surface area contributed by atoms with Crippen LogP contribution in [0.25, 0.3) is 0 Å². The van der Waals surface area contributed by atoms with Crippen molar-refractivity contribution in [2.75, 3.05) is 10.5 Å². The maximum atomic E-state index is 13.5. The molecule has 21 heavy (non-hydrogen) atoms. The van der Waals surface area contributed by atoms with Gasteiger partial charge >= 0.3 is 0 Å². The third-order valence-corrected chi connectivity index (χ3v) is 5.21. The molecule has 4 nitrogen and oxygen atoms in total. The van der Waals surface area contributed by atoms with Gasteiger partial charge in [0, 0.05) is 5.69 Å². The molecule has 0 saturated carbocycles. The normalized spacial score (nSPS) is 11.4. The van der Waals surface area contributed by atoms with Crippen LogP contribution < -0.4 is 10.5 Å². The van der Waals surface area contributed by atoms with Crippen LogP contribution in [0.2, 0.25) is 5.02 Å². The van der Waals surface area contributed by atoms with E-state index in [1.165, 1.54) is 24.3 Å². The molecular formula is C13H11BrClFN2O2S. The maximum Gasteiger partial charge on any atom is 0.263 e. The Balaban J connectivity index is 2.45. The van der Waals surface area contributed by atoms with Gasteiger partial charge in [-0.1, -0.05) is 11.6 Å². The lowest BCUT2D eigenvalue weighted by Crippen LogP contribution is -2.14. The van der Waals surface area contributed by atoms with Gasteiger partial charge in [-0.25, -0.2) is 12.8 Å². The first-order chi connectivity index (χ1) is 9.70. The molecule has 0 bridgehead atoms. The Kier molecular flexibility index (Phi) is 4.46. The quantitative estimate of drug-likeness (QED) is 0.776. The lowest BCUT2D eigenvalue weighted by Gasteiger charge is -2.12. The van der Waals surface area contributed by atoms with Crippen LogP contribution in [0, 0.1) is 12.7 Å². The van der Waals surface area contributed by atoms with Gasteiger partial charge in [0.05, 0.1) is 15.2 Å². The van der Waals surface area contributed by atoms with E-state index in [0.717, 1.165) is 6.07 Å². The molecule has 0 aromatic heterocycles. The first-order valence-corrected chi connectivity index (χ1v) is 8.39. The zero-order valence-corrected chi connectivity index (χ0v) is 14.0. The van der Waals surface area contributed by atoms with Gasteiger partial charge < -0.3 is 5.73 Å². The van der Waals surface area contributed by atoms with Gasteiger partial charge in [-0.3, -0.25) is 4.72 Å². The number of rotatable bonds is 3. The van der Waals surface area contributed by atoms with Gasteiger partial charge in [-0.05, 0) is 58.7 Å². The predicted octanol–water partition coefficient (Wildman–Crippen LogP) is 3.93. The van der Waals surface area contributed by atoms with Crippen molar-refractivity contribution in [3.05, 3.63) is 51.2 Å². The maximum absolute atomic E-state index is 13.5. The molecular weight excluding hydrogens is 383 g/mol. The van der Waals surface area contributed by atoms with Crippen LogP contribution >= 0.6 is 27.5 Å². The van der Waals surface area contributed by atoms with E-state index in [9.17, 15) is 12.8 Å². The van der Waals surface area contributed by atoms with Gasteiger partial charge in [0.25, 0.3) is 10.0 Å². The molecule has 112 valence electrons. The minimum atomic E-state index is -3.93. The number of halogens is 3. The molecule has 0 aliphatic heterocycles. The standard InChI is InChI=1S/C13H11BrClFN2O2S/c1-7-4-9(14)11(16)6-12(7)18-21(19,20)13-3-2-8(17)5-10(13)15/h2-6,18H,17H2,1H3. The van der Waals surface area contributed by atoms with Crippen molar-refractivity contribution in [3.8, 4) is 0 Å². The van der Waals surface area contributed by atoms with Crippen molar-refractivity contribution in [3.63, 3.8) is 0 Å². The molecule has 0 radical (unpaired) electrons. The first kappa shape index (κ1) is 16.1. The molecule has 0 unspecified atom stereocenters. The number of nitrogens with one attached hydrogen (secondary N) is 1. The van der Waals surface area contributed by atoms with Crippen molar-refractivity contribution in [1.29, 1.82) is 0 Å². The number of benzene rings is 2. The van der Waals surface area contributed by atoms with E-state index in [4.69, 9.17) is 17.3 Å². The van der Waals surface area contributed by atoms with Crippen LogP contribution in [0.5, 0.6) is 0 Å². The van der Waals surface area contributed by atoms with Gasteiger partial charge in [-0.15, -0.1) is 0 Å². The molecule has 0 saturated heterocycles. The molecule has 0 aliphatic rings. The Bertz CT molecular complexity index is 812. The van der Waals surface area contributed by atoms with Crippen LogP contribution in [0.1, 0.15) is 5.56 Å². The smallest absolute Gasteiger partial charge is 0.263 e. The molecule has 0 atom stereocenters. The number of nitrogen functional groups attached to an aromatic ring is 1. The second-order valence-corrected chi connectivity index (χ2v) is 7.29. The van der Waals surface area contributed by atoms with E-state index in [-0.39, 0.29) is 20.1 Å². The number of anilines is 2. The third-order valence-electron chi connectivity index (χ3n) is 2.76. The average Bonchev–Trinajstić information content (AvgIpc) is 2.35. The second-order valence-electron chi connectivity index (χ2n) is 4.38. The number of nitrogens with two attached hydrogens (primary N) is 1. The number of hydrogen-bond acceptors (Lipinski definition) is 3. The monoisotopic (exact) mass is 392 g/mol. The van der Waals surface area contributed by atoms with E-state index < -0.39 is 15.8 Å². The SMILES string of the molecule is Cc1cc(Br)c(F)cc1NS(=O)(=O)c1ccc(N)cc1Cl. The van der Waals surface area contributed by atoms with E-state index in [2.05, 4.69) is 20.7 Å². The van der Waals surface area contributed by atoms with Crippen molar-refractivity contribution in [2.45, 2.75) is 11.8 Å². The minimum absolute atomic E-state index is 0.00210. The Morgan fingerprint density at radius 1 is 1.29 bits per heavy atom. The predicted molar refractivity (Wildman–Crippen MR) is 85.5 cm³/mol. The summed E-state index contributed by atoms with van der Waals surface area (Å²) in [5.74, 6) is -0.568. The van der Waals surface area contributed by atoms with Crippen LogP contribution in [-0.2, 0) is 10.0 Å². The summed E-state index contributed by atoms with van der Waals surface area (Å²) >= 11 is 8.93. The highest BCUT2D eigenvalue weighted by molar-refractivity contribution is 9.10. The Morgan fingerprint density at radius 3 is 2.57 bits per heavy atom. The lowest BCUT2D eigenvalue weighted by molar-refractivity contribution is 0.601. The molecule has 0 fully saturated rings. The second kappa shape index (κ2) is 5.82. The van der Waals surface area contributed by atoms with Crippen LogP contribution in [0.4, 0.5) is 15.8 Å². The Morgan fingerprint density at radius 2 is 1.95 bits per heavy atom. The highest BCUT2D eigenvalue weighted by atomic mass is 79.9. The van der Waals surface area contributed by atoms with Crippen LogP contribution in [0.3, 0.4) is 0 Å². The fourth-order valence-electron chi connectivity index (χ4n) is 1.69. The highest BCUT2D eigenvalue weighted by Gasteiger charge is 2.19. The summed E-state index contributed by atoms with van der Waals surface area (Å²) in [5, 5.41) is -0.00210. The summed E-state index contributed by atoms with van der Waals surface area (Å²) in [4.78, 5) is -0.124. The molecule has 8 heteroatoms. The summed E-state index contributed by atoms with van der Waals surface area (Å²) in [5.41, 5.74) is 6.59. The number of hydrogen-bond donors (Lipinski definition) is 2. The fourth-order valence-corrected chi connectivity index (χ4v) is 3.82. The molecule has 3 N–H and O–H groups in total. The van der Waals surface area contributed by atoms with Gasteiger partial charge in [0.2, 0.25) is 0 Å². The minimum Gasteiger partial charge on any atom is -0.399 e. The Hall–Kier alpha value is -1.31. The average molecular weight is 394 g/mol. The third kappa shape index (κ3) is 3.48. The largest absolute Gasteiger partial charge is 0.399 e. The van der Waals surface area contributed by atoms with Crippen molar-refractivity contribution in [2.24, 2.45) is 0 Å². The van der Waals surface area contributed by atoms with E-state index in [1.807, 2.05) is 0 Å². The summed E-state index contributed by atoms with van der Waals surface area (Å²) in [6.45, 7) is 1.66. The van der Waals surface area contributed by atoms with Gasteiger partial charge in [0.1, 0.15) is 10.7 Å². The van der Waals surface area contributed by atoms with Crippen molar-refractivity contribution >= 4 is 48.9 Å². The van der Waals surface area contributed by atoms with E-state index in [0.29, 0.717) is 11.3 Å². The van der Waals surface area contributed by atoms with Gasteiger partial charge in [-0.2, -0.15) is 0 Å². The zero-order valence-electron chi connectivity index (χ0n) is 10.8. The van der Waals surface area contributed by atoms with Crippen molar-refractivity contribution < 1.29 is 12.8 Å².